The number of nitrogens with one attached hydrogen (secondary N) is 1. The first kappa shape index (κ1) is 21.5. The van der Waals surface area contributed by atoms with E-state index in [2.05, 4.69) is 15.4 Å². The molecule has 2 amide bonds. The number of halogens is 3. The van der Waals surface area contributed by atoms with Gasteiger partial charge in [-0.2, -0.15) is 13.2 Å². The summed E-state index contributed by atoms with van der Waals surface area (Å²) >= 11 is 1.10. The molecule has 1 aliphatic heterocycles. The Labute approximate surface area is 181 Å². The average molecular weight is 463 g/mol. The van der Waals surface area contributed by atoms with Crippen LogP contribution in [0.25, 0.3) is 10.9 Å². The molecular formula is C19H12F3N5O4S. The highest BCUT2D eigenvalue weighted by Gasteiger charge is 2.38. The van der Waals surface area contributed by atoms with Gasteiger partial charge in [-0.25, -0.2) is 15.0 Å². The van der Waals surface area contributed by atoms with Crippen molar-refractivity contribution in [3.8, 4) is 0 Å². The van der Waals surface area contributed by atoms with E-state index in [-0.39, 0.29) is 33.7 Å². The van der Waals surface area contributed by atoms with Crippen LogP contribution in [0.2, 0.25) is 0 Å². The summed E-state index contributed by atoms with van der Waals surface area (Å²) in [6.45, 7) is 0. The molecule has 13 heteroatoms. The zero-order valence-electron chi connectivity index (χ0n) is 15.9. The maximum atomic E-state index is 12.9. The van der Waals surface area contributed by atoms with Crippen LogP contribution in [0, 0.1) is 10.1 Å². The zero-order valence-corrected chi connectivity index (χ0v) is 16.7. The highest BCUT2D eigenvalue weighted by molar-refractivity contribution is 8.00. The summed E-state index contributed by atoms with van der Waals surface area (Å²) in [6, 6.07) is 8.65. The Balaban J connectivity index is 1.60. The molecule has 2 heterocycles. The van der Waals surface area contributed by atoms with Crippen molar-refractivity contribution in [1.29, 1.82) is 0 Å². The number of hydrazine groups is 1. The Hall–Kier alpha value is -3.74. The molecule has 32 heavy (non-hydrogen) atoms. The third-order valence-electron chi connectivity index (χ3n) is 4.60. The lowest BCUT2D eigenvalue weighted by Crippen LogP contribution is -2.45. The Morgan fingerprint density at radius 3 is 2.72 bits per heavy atom. The number of nitrogens with zero attached hydrogens (tertiary/aromatic N) is 4. The average Bonchev–Trinajstić information content (AvgIpc) is 3.12. The van der Waals surface area contributed by atoms with Crippen LogP contribution < -0.4 is 5.43 Å². The molecular weight excluding hydrogens is 451 g/mol. The molecule has 1 atom stereocenters. The second-order valence-corrected chi connectivity index (χ2v) is 7.72. The normalized spacial score (nSPS) is 16.4. The number of amides is 2. The topological polar surface area (TPSA) is 118 Å². The second-order valence-electron chi connectivity index (χ2n) is 6.65. The standard InChI is InChI=1S/C19H12F3N5O4S/c20-19(21,22)11-5-6-13-10(7-11)8-23-16(24-13)17(29)25-26-15(28)9-32-18(26)12-3-1-2-4-14(12)27(30)31/h1-8,18H,9H2,(H,25,29). The van der Waals surface area contributed by atoms with Crippen molar-refractivity contribution in [2.75, 3.05) is 5.75 Å². The van der Waals surface area contributed by atoms with E-state index in [9.17, 15) is 32.9 Å². The van der Waals surface area contributed by atoms with Crippen LogP contribution in [0.5, 0.6) is 0 Å². The van der Waals surface area contributed by atoms with Crippen molar-refractivity contribution in [1.82, 2.24) is 20.4 Å². The molecule has 4 rings (SSSR count). The van der Waals surface area contributed by atoms with Crippen molar-refractivity contribution < 1.29 is 27.7 Å². The smallest absolute Gasteiger partial charge is 0.272 e. The van der Waals surface area contributed by atoms with Crippen LogP contribution >= 0.6 is 11.8 Å². The molecule has 0 radical (unpaired) electrons. The SMILES string of the molecule is O=C(NN1C(=O)CSC1c1ccccc1[N+](=O)[O-])c1ncc2cc(C(F)(F)F)ccc2n1. The van der Waals surface area contributed by atoms with Gasteiger partial charge in [0, 0.05) is 17.6 Å². The summed E-state index contributed by atoms with van der Waals surface area (Å²) in [7, 11) is 0. The van der Waals surface area contributed by atoms with Gasteiger partial charge in [-0.05, 0) is 24.3 Å². The van der Waals surface area contributed by atoms with Gasteiger partial charge in [-0.15, -0.1) is 11.8 Å². The number of nitro groups is 1. The number of hydrogen-bond donors (Lipinski definition) is 1. The van der Waals surface area contributed by atoms with Crippen LogP contribution in [0.15, 0.2) is 48.7 Å². The van der Waals surface area contributed by atoms with Gasteiger partial charge in [0.15, 0.2) is 0 Å². The Kier molecular flexibility index (Phi) is 5.42. The fourth-order valence-electron chi connectivity index (χ4n) is 3.12. The minimum absolute atomic E-state index is 0.0181. The first-order chi connectivity index (χ1) is 15.1. The van der Waals surface area contributed by atoms with E-state index in [0.29, 0.717) is 0 Å². The molecule has 2 aromatic carbocycles. The van der Waals surface area contributed by atoms with Gasteiger partial charge in [0.2, 0.25) is 5.82 Å². The van der Waals surface area contributed by atoms with E-state index in [4.69, 9.17) is 0 Å². The highest BCUT2D eigenvalue weighted by Crippen LogP contribution is 2.41. The molecule has 1 aromatic heterocycles. The Morgan fingerprint density at radius 1 is 1.25 bits per heavy atom. The van der Waals surface area contributed by atoms with E-state index in [1.54, 1.807) is 6.07 Å². The van der Waals surface area contributed by atoms with E-state index in [1.165, 1.54) is 18.2 Å². The number of alkyl halides is 3. The number of para-hydroxylation sites is 1. The molecule has 1 fully saturated rings. The summed E-state index contributed by atoms with van der Waals surface area (Å²) in [5.41, 5.74) is 1.61. The van der Waals surface area contributed by atoms with E-state index in [0.717, 1.165) is 41.2 Å². The number of aromatic nitrogens is 2. The van der Waals surface area contributed by atoms with Crippen LogP contribution in [0.4, 0.5) is 18.9 Å². The van der Waals surface area contributed by atoms with Gasteiger partial charge < -0.3 is 0 Å². The Bertz CT molecular complexity index is 1250. The largest absolute Gasteiger partial charge is 0.416 e. The van der Waals surface area contributed by atoms with Gasteiger partial charge in [0.1, 0.15) is 5.37 Å². The molecule has 9 nitrogen and oxygen atoms in total. The summed E-state index contributed by atoms with van der Waals surface area (Å²) in [5, 5.41) is 11.5. The number of hydrogen-bond acceptors (Lipinski definition) is 7. The van der Waals surface area contributed by atoms with Crippen molar-refractivity contribution in [2.24, 2.45) is 0 Å². The van der Waals surface area contributed by atoms with Gasteiger partial charge in [-0.1, -0.05) is 12.1 Å². The van der Waals surface area contributed by atoms with Gasteiger partial charge in [0.05, 0.1) is 27.3 Å². The lowest BCUT2D eigenvalue weighted by molar-refractivity contribution is -0.385. The fourth-order valence-corrected chi connectivity index (χ4v) is 4.25. The Morgan fingerprint density at radius 2 is 2.00 bits per heavy atom. The zero-order chi connectivity index (χ0) is 23.0. The summed E-state index contributed by atoms with van der Waals surface area (Å²) < 4.78 is 38.6. The number of carbonyl (C=O) groups excluding carboxylic acids is 2. The quantitative estimate of drug-likeness (QED) is 0.465. The van der Waals surface area contributed by atoms with Crippen molar-refractivity contribution >= 4 is 40.2 Å². The molecule has 0 aliphatic carbocycles. The molecule has 0 spiro atoms. The van der Waals surface area contributed by atoms with Crippen LogP contribution in [-0.2, 0) is 11.0 Å². The van der Waals surface area contributed by atoms with Crippen molar-refractivity contribution in [3.63, 3.8) is 0 Å². The minimum atomic E-state index is -4.53. The molecule has 1 saturated heterocycles. The molecule has 0 bridgehead atoms. The molecule has 1 unspecified atom stereocenters. The van der Waals surface area contributed by atoms with E-state index in [1.807, 2.05) is 0 Å². The summed E-state index contributed by atoms with van der Waals surface area (Å²) in [5.74, 6) is -1.76. The number of carbonyl (C=O) groups is 2. The summed E-state index contributed by atoms with van der Waals surface area (Å²) in [6.07, 6.45) is -3.46. The lowest BCUT2D eigenvalue weighted by Gasteiger charge is -2.24. The predicted octanol–water partition coefficient (Wildman–Crippen LogP) is 3.48. The molecule has 0 saturated carbocycles. The number of benzene rings is 2. The van der Waals surface area contributed by atoms with Gasteiger partial charge in [-0.3, -0.25) is 25.1 Å². The highest BCUT2D eigenvalue weighted by atomic mass is 32.2. The molecule has 1 N–H and O–H groups in total. The third-order valence-corrected chi connectivity index (χ3v) is 5.79. The van der Waals surface area contributed by atoms with E-state index >= 15 is 0 Å². The van der Waals surface area contributed by atoms with Crippen LogP contribution in [0.1, 0.15) is 27.1 Å². The van der Waals surface area contributed by atoms with Crippen molar-refractivity contribution in [3.05, 3.63) is 75.7 Å². The second kappa shape index (κ2) is 8.07. The molecule has 1 aliphatic rings. The summed E-state index contributed by atoms with van der Waals surface area (Å²) in [4.78, 5) is 43.5. The van der Waals surface area contributed by atoms with Crippen LogP contribution in [0.3, 0.4) is 0 Å². The van der Waals surface area contributed by atoms with E-state index < -0.39 is 33.9 Å². The minimum Gasteiger partial charge on any atom is -0.272 e. The third kappa shape index (κ3) is 4.06. The number of thioether (sulfide) groups is 1. The maximum Gasteiger partial charge on any atom is 0.416 e. The first-order valence-electron chi connectivity index (χ1n) is 8.97. The number of fused-ring (bicyclic) bond motifs is 1. The van der Waals surface area contributed by atoms with Gasteiger partial charge >= 0.3 is 12.1 Å². The number of nitro benzene ring substituents is 1. The molecule has 3 aromatic rings. The number of rotatable bonds is 4. The monoisotopic (exact) mass is 463 g/mol. The molecule has 164 valence electrons. The van der Waals surface area contributed by atoms with Gasteiger partial charge in [0.25, 0.3) is 11.6 Å². The first-order valence-corrected chi connectivity index (χ1v) is 10.0. The van der Waals surface area contributed by atoms with Crippen molar-refractivity contribution in [2.45, 2.75) is 11.6 Å². The van der Waals surface area contributed by atoms with Crippen LogP contribution in [-0.4, -0.2) is 37.5 Å². The maximum absolute atomic E-state index is 12.9. The lowest BCUT2D eigenvalue weighted by atomic mass is 10.1. The fraction of sp³-hybridized carbons (Fsp3) is 0.158. The predicted molar refractivity (Wildman–Crippen MR) is 107 cm³/mol.